The van der Waals surface area contributed by atoms with E-state index in [1.165, 1.54) is 0 Å². The van der Waals surface area contributed by atoms with Crippen LogP contribution in [0.25, 0.3) is 0 Å². The first-order chi connectivity index (χ1) is 9.04. The SMILES string of the molecule is CSCC[C@H](NC(=O)NCC1CCOC1C)C(=O)O. The Balaban J connectivity index is 2.29. The van der Waals surface area contributed by atoms with E-state index in [1.54, 1.807) is 11.8 Å². The number of rotatable bonds is 7. The maximum absolute atomic E-state index is 11.7. The molecule has 1 saturated heterocycles. The number of carboxylic acids is 1. The first-order valence-corrected chi connectivity index (χ1v) is 7.81. The number of hydrogen-bond acceptors (Lipinski definition) is 4. The summed E-state index contributed by atoms with van der Waals surface area (Å²) in [5.41, 5.74) is 0. The average Bonchev–Trinajstić information content (AvgIpc) is 2.77. The summed E-state index contributed by atoms with van der Waals surface area (Å²) in [5, 5.41) is 14.2. The van der Waals surface area contributed by atoms with E-state index in [1.807, 2.05) is 13.2 Å². The number of thioether (sulfide) groups is 1. The van der Waals surface area contributed by atoms with Gasteiger partial charge >= 0.3 is 12.0 Å². The van der Waals surface area contributed by atoms with Gasteiger partial charge in [-0.3, -0.25) is 0 Å². The van der Waals surface area contributed by atoms with Crippen LogP contribution in [0.3, 0.4) is 0 Å². The van der Waals surface area contributed by atoms with E-state index in [-0.39, 0.29) is 6.10 Å². The lowest BCUT2D eigenvalue weighted by Crippen LogP contribution is -2.47. The van der Waals surface area contributed by atoms with Gasteiger partial charge in [-0.25, -0.2) is 9.59 Å². The van der Waals surface area contributed by atoms with Crippen molar-refractivity contribution in [1.29, 1.82) is 0 Å². The number of nitrogens with one attached hydrogen (secondary N) is 2. The summed E-state index contributed by atoms with van der Waals surface area (Å²) in [6.07, 6.45) is 3.40. The Kier molecular flexibility index (Phi) is 7.01. The molecule has 0 aromatic carbocycles. The fourth-order valence-corrected chi connectivity index (χ4v) is 2.44. The van der Waals surface area contributed by atoms with Gasteiger partial charge < -0.3 is 20.5 Å². The molecule has 0 spiro atoms. The third-order valence-electron chi connectivity index (χ3n) is 3.27. The molecule has 6 nitrogen and oxygen atoms in total. The van der Waals surface area contributed by atoms with E-state index in [0.717, 1.165) is 13.0 Å². The van der Waals surface area contributed by atoms with Crippen LogP contribution in [-0.2, 0) is 9.53 Å². The molecule has 1 heterocycles. The fraction of sp³-hybridized carbons (Fsp3) is 0.833. The molecule has 1 aliphatic heterocycles. The molecule has 1 fully saturated rings. The summed E-state index contributed by atoms with van der Waals surface area (Å²) in [4.78, 5) is 22.6. The van der Waals surface area contributed by atoms with Gasteiger partial charge in [-0.1, -0.05) is 0 Å². The molecule has 0 aliphatic carbocycles. The number of carbonyl (C=O) groups is 2. The van der Waals surface area contributed by atoms with Crippen LogP contribution in [-0.4, -0.2) is 54.4 Å². The Morgan fingerprint density at radius 1 is 1.53 bits per heavy atom. The van der Waals surface area contributed by atoms with Crippen LogP contribution >= 0.6 is 11.8 Å². The molecule has 0 aromatic rings. The molecule has 3 N–H and O–H groups in total. The van der Waals surface area contributed by atoms with Crippen LogP contribution < -0.4 is 10.6 Å². The number of urea groups is 1. The van der Waals surface area contributed by atoms with Crippen molar-refractivity contribution in [3.63, 3.8) is 0 Å². The highest BCUT2D eigenvalue weighted by molar-refractivity contribution is 7.98. The van der Waals surface area contributed by atoms with Crippen LogP contribution in [0, 0.1) is 5.92 Å². The zero-order valence-corrected chi connectivity index (χ0v) is 12.2. The van der Waals surface area contributed by atoms with Crippen molar-refractivity contribution in [2.45, 2.75) is 31.9 Å². The fourth-order valence-electron chi connectivity index (χ4n) is 1.97. The highest BCUT2D eigenvalue weighted by Gasteiger charge is 2.25. The van der Waals surface area contributed by atoms with Gasteiger partial charge in [0.05, 0.1) is 6.10 Å². The molecule has 0 aromatic heterocycles. The standard InChI is InChI=1S/C12H22N2O4S/c1-8-9(3-5-18-8)7-13-12(17)14-10(11(15)16)4-6-19-2/h8-10H,3-7H2,1-2H3,(H,15,16)(H2,13,14,17)/t8?,9?,10-/m0/s1. The number of aliphatic carboxylic acids is 1. The summed E-state index contributed by atoms with van der Waals surface area (Å²) in [5.74, 6) is 0.00655. The van der Waals surface area contributed by atoms with Gasteiger partial charge in [0.2, 0.25) is 0 Å². The molecule has 0 saturated carbocycles. The van der Waals surface area contributed by atoms with Crippen molar-refractivity contribution in [3.8, 4) is 0 Å². The maximum Gasteiger partial charge on any atom is 0.326 e. The number of hydrogen-bond donors (Lipinski definition) is 3. The van der Waals surface area contributed by atoms with E-state index in [0.29, 0.717) is 24.6 Å². The largest absolute Gasteiger partial charge is 0.480 e. The third kappa shape index (κ3) is 5.69. The van der Waals surface area contributed by atoms with Crippen molar-refractivity contribution in [2.75, 3.05) is 25.2 Å². The number of carbonyl (C=O) groups excluding carboxylic acids is 1. The predicted molar refractivity (Wildman–Crippen MR) is 74.5 cm³/mol. The smallest absolute Gasteiger partial charge is 0.326 e. The second-order valence-electron chi connectivity index (χ2n) is 4.65. The average molecular weight is 290 g/mol. The van der Waals surface area contributed by atoms with E-state index in [4.69, 9.17) is 9.84 Å². The van der Waals surface area contributed by atoms with E-state index in [9.17, 15) is 9.59 Å². The van der Waals surface area contributed by atoms with E-state index in [2.05, 4.69) is 10.6 Å². The molecule has 2 unspecified atom stereocenters. The lowest BCUT2D eigenvalue weighted by Gasteiger charge is -2.17. The minimum atomic E-state index is -0.998. The molecule has 110 valence electrons. The zero-order chi connectivity index (χ0) is 14.3. The van der Waals surface area contributed by atoms with Crippen molar-refractivity contribution >= 4 is 23.8 Å². The van der Waals surface area contributed by atoms with Crippen molar-refractivity contribution < 1.29 is 19.4 Å². The molecule has 19 heavy (non-hydrogen) atoms. The summed E-state index contributed by atoms with van der Waals surface area (Å²) in [6.45, 7) is 3.22. The maximum atomic E-state index is 11.7. The van der Waals surface area contributed by atoms with Gasteiger partial charge in [0, 0.05) is 19.1 Å². The monoisotopic (exact) mass is 290 g/mol. The predicted octanol–water partition coefficient (Wildman–Crippen LogP) is 0.917. The first-order valence-electron chi connectivity index (χ1n) is 6.42. The molecule has 3 atom stereocenters. The zero-order valence-electron chi connectivity index (χ0n) is 11.3. The molecule has 0 bridgehead atoms. The molecule has 0 radical (unpaired) electrons. The van der Waals surface area contributed by atoms with Crippen LogP contribution in [0.1, 0.15) is 19.8 Å². The van der Waals surface area contributed by atoms with Gasteiger partial charge in [-0.15, -0.1) is 0 Å². The van der Waals surface area contributed by atoms with Crippen molar-refractivity contribution in [3.05, 3.63) is 0 Å². The molecule has 2 amide bonds. The van der Waals surface area contributed by atoms with E-state index < -0.39 is 18.0 Å². The summed E-state index contributed by atoms with van der Waals surface area (Å²) in [7, 11) is 0. The minimum Gasteiger partial charge on any atom is -0.480 e. The lowest BCUT2D eigenvalue weighted by atomic mass is 10.0. The van der Waals surface area contributed by atoms with Gasteiger partial charge in [0.1, 0.15) is 6.04 Å². The Hall–Kier alpha value is -0.950. The summed E-state index contributed by atoms with van der Waals surface area (Å²) in [6, 6.07) is -1.25. The van der Waals surface area contributed by atoms with Gasteiger partial charge in [-0.05, 0) is 31.8 Å². The number of ether oxygens (including phenoxy) is 1. The minimum absolute atomic E-state index is 0.145. The third-order valence-corrected chi connectivity index (χ3v) is 3.92. The number of amides is 2. The Labute approximate surface area is 117 Å². The highest BCUT2D eigenvalue weighted by atomic mass is 32.2. The van der Waals surface area contributed by atoms with Crippen molar-refractivity contribution in [2.24, 2.45) is 5.92 Å². The molecule has 1 aliphatic rings. The first kappa shape index (κ1) is 16.1. The highest BCUT2D eigenvalue weighted by Crippen LogP contribution is 2.19. The van der Waals surface area contributed by atoms with Crippen LogP contribution in [0.5, 0.6) is 0 Å². The summed E-state index contributed by atoms with van der Waals surface area (Å²) >= 11 is 1.56. The molecular formula is C12H22N2O4S. The molecular weight excluding hydrogens is 268 g/mol. The second-order valence-corrected chi connectivity index (χ2v) is 5.64. The van der Waals surface area contributed by atoms with Crippen molar-refractivity contribution in [1.82, 2.24) is 10.6 Å². The van der Waals surface area contributed by atoms with Gasteiger partial charge in [-0.2, -0.15) is 11.8 Å². The van der Waals surface area contributed by atoms with Gasteiger partial charge in [0.15, 0.2) is 0 Å². The summed E-state index contributed by atoms with van der Waals surface area (Å²) < 4.78 is 5.40. The number of carboxylic acid groups (broad SMARTS) is 1. The van der Waals surface area contributed by atoms with Gasteiger partial charge in [0.25, 0.3) is 0 Å². The normalized spacial score (nSPS) is 23.9. The second kappa shape index (κ2) is 8.27. The van der Waals surface area contributed by atoms with Crippen LogP contribution in [0.4, 0.5) is 4.79 Å². The van der Waals surface area contributed by atoms with Crippen LogP contribution in [0.15, 0.2) is 0 Å². The topological polar surface area (TPSA) is 87.7 Å². The van der Waals surface area contributed by atoms with Crippen LogP contribution in [0.2, 0.25) is 0 Å². The van der Waals surface area contributed by atoms with E-state index >= 15 is 0 Å². The Bertz CT molecular complexity index is 314. The lowest BCUT2D eigenvalue weighted by molar-refractivity contribution is -0.139. The Morgan fingerprint density at radius 2 is 2.26 bits per heavy atom. The quantitative estimate of drug-likeness (QED) is 0.649. The molecule has 7 heteroatoms. The Morgan fingerprint density at radius 3 is 2.79 bits per heavy atom. The molecule has 1 rings (SSSR count).